The van der Waals surface area contributed by atoms with Crippen molar-refractivity contribution < 1.29 is 19.4 Å². The van der Waals surface area contributed by atoms with Crippen LogP contribution in [0.3, 0.4) is 0 Å². The number of carbonyl (C=O) groups is 1. The minimum Gasteiger partial charge on any atom is -0.507 e. The standard InChI is InChI=1S/C14H20ClNO4/c1-19-8-9-20-7-3-2-6-16-14(18)12-10-11(15)4-5-13(12)17/h4-5,10,17H,2-3,6-9H2,1H3,(H,16,18). The first kappa shape index (κ1) is 16.8. The third kappa shape index (κ3) is 6.23. The molecule has 1 rings (SSSR count). The number of unbranched alkanes of at least 4 members (excludes halogenated alkanes) is 1. The van der Waals surface area contributed by atoms with E-state index in [1.54, 1.807) is 7.11 Å². The maximum Gasteiger partial charge on any atom is 0.255 e. The zero-order chi connectivity index (χ0) is 14.8. The summed E-state index contributed by atoms with van der Waals surface area (Å²) in [6, 6.07) is 4.38. The number of rotatable bonds is 9. The van der Waals surface area contributed by atoms with Crippen LogP contribution < -0.4 is 5.32 Å². The fourth-order valence-electron chi connectivity index (χ4n) is 1.56. The predicted octanol–water partition coefficient (Wildman–Crippen LogP) is 2.22. The summed E-state index contributed by atoms with van der Waals surface area (Å²) in [4.78, 5) is 11.8. The molecule has 0 radical (unpaired) electrons. The molecule has 2 N–H and O–H groups in total. The Morgan fingerprint density at radius 2 is 2.10 bits per heavy atom. The van der Waals surface area contributed by atoms with E-state index in [9.17, 15) is 9.90 Å². The summed E-state index contributed by atoms with van der Waals surface area (Å²) in [5.74, 6) is -0.403. The number of phenolic OH excluding ortho intramolecular Hbond substituents is 1. The predicted molar refractivity (Wildman–Crippen MR) is 77.4 cm³/mol. The molecule has 0 atom stereocenters. The van der Waals surface area contributed by atoms with Crippen molar-refractivity contribution in [1.82, 2.24) is 5.32 Å². The molecule has 1 amide bonds. The van der Waals surface area contributed by atoms with Crippen LogP contribution in [0.5, 0.6) is 5.75 Å². The number of methoxy groups -OCH3 is 1. The Morgan fingerprint density at radius 3 is 2.85 bits per heavy atom. The SMILES string of the molecule is COCCOCCCCNC(=O)c1cc(Cl)ccc1O. The van der Waals surface area contributed by atoms with E-state index in [0.29, 0.717) is 31.4 Å². The van der Waals surface area contributed by atoms with Crippen molar-refractivity contribution in [2.24, 2.45) is 0 Å². The topological polar surface area (TPSA) is 67.8 Å². The summed E-state index contributed by atoms with van der Waals surface area (Å²) >= 11 is 5.79. The molecule has 0 aliphatic rings. The van der Waals surface area contributed by atoms with Crippen molar-refractivity contribution in [1.29, 1.82) is 0 Å². The van der Waals surface area contributed by atoms with Gasteiger partial charge in [-0.1, -0.05) is 11.6 Å². The number of hydrogen-bond donors (Lipinski definition) is 2. The molecule has 0 aliphatic heterocycles. The van der Waals surface area contributed by atoms with Gasteiger partial charge in [-0.25, -0.2) is 0 Å². The van der Waals surface area contributed by atoms with E-state index in [2.05, 4.69) is 5.32 Å². The van der Waals surface area contributed by atoms with Crippen LogP contribution in [0.2, 0.25) is 5.02 Å². The van der Waals surface area contributed by atoms with Crippen LogP contribution in [0.4, 0.5) is 0 Å². The minimum atomic E-state index is -0.328. The third-order valence-corrected chi connectivity index (χ3v) is 2.87. The van der Waals surface area contributed by atoms with Gasteiger partial charge < -0.3 is 19.9 Å². The van der Waals surface area contributed by atoms with Crippen molar-refractivity contribution in [2.45, 2.75) is 12.8 Å². The summed E-state index contributed by atoms with van der Waals surface area (Å²) in [7, 11) is 1.63. The highest BCUT2D eigenvalue weighted by Crippen LogP contribution is 2.21. The fourth-order valence-corrected chi connectivity index (χ4v) is 1.73. The first-order valence-electron chi connectivity index (χ1n) is 6.48. The summed E-state index contributed by atoms with van der Waals surface area (Å²) in [5.41, 5.74) is 0.189. The van der Waals surface area contributed by atoms with Gasteiger partial charge in [-0.05, 0) is 31.0 Å². The molecule has 0 spiro atoms. The lowest BCUT2D eigenvalue weighted by molar-refractivity contribution is 0.0686. The highest BCUT2D eigenvalue weighted by molar-refractivity contribution is 6.31. The molecule has 0 fully saturated rings. The van der Waals surface area contributed by atoms with E-state index in [-0.39, 0.29) is 17.2 Å². The number of halogens is 1. The lowest BCUT2D eigenvalue weighted by Gasteiger charge is -2.07. The van der Waals surface area contributed by atoms with Gasteiger partial charge in [0, 0.05) is 25.3 Å². The molecule has 0 bridgehead atoms. The Labute approximate surface area is 123 Å². The number of nitrogens with one attached hydrogen (secondary N) is 1. The molecule has 6 heteroatoms. The number of ether oxygens (including phenoxy) is 2. The summed E-state index contributed by atoms with van der Waals surface area (Å²) in [6.45, 7) is 2.34. The van der Waals surface area contributed by atoms with E-state index in [4.69, 9.17) is 21.1 Å². The van der Waals surface area contributed by atoms with Gasteiger partial charge in [0.15, 0.2) is 0 Å². The maximum absolute atomic E-state index is 11.8. The zero-order valence-electron chi connectivity index (χ0n) is 11.5. The van der Waals surface area contributed by atoms with Crippen LogP contribution in [-0.2, 0) is 9.47 Å². The van der Waals surface area contributed by atoms with E-state index >= 15 is 0 Å². The van der Waals surface area contributed by atoms with Gasteiger partial charge in [0.05, 0.1) is 18.8 Å². The maximum atomic E-state index is 11.8. The Morgan fingerprint density at radius 1 is 1.30 bits per heavy atom. The van der Waals surface area contributed by atoms with Gasteiger partial charge in [-0.15, -0.1) is 0 Å². The monoisotopic (exact) mass is 301 g/mol. The van der Waals surface area contributed by atoms with E-state index < -0.39 is 0 Å². The van der Waals surface area contributed by atoms with Crippen LogP contribution >= 0.6 is 11.6 Å². The van der Waals surface area contributed by atoms with Crippen LogP contribution in [-0.4, -0.2) is 44.5 Å². The molecular formula is C14H20ClNO4. The van der Waals surface area contributed by atoms with Crippen LogP contribution in [0.1, 0.15) is 23.2 Å². The van der Waals surface area contributed by atoms with Gasteiger partial charge in [-0.2, -0.15) is 0 Å². The molecule has 0 saturated heterocycles. The van der Waals surface area contributed by atoms with Gasteiger partial charge >= 0.3 is 0 Å². The number of phenols is 1. The first-order valence-corrected chi connectivity index (χ1v) is 6.86. The van der Waals surface area contributed by atoms with Crippen LogP contribution in [0.15, 0.2) is 18.2 Å². The van der Waals surface area contributed by atoms with Crippen molar-refractivity contribution >= 4 is 17.5 Å². The number of carbonyl (C=O) groups excluding carboxylic acids is 1. The van der Waals surface area contributed by atoms with Gasteiger partial charge in [0.2, 0.25) is 0 Å². The van der Waals surface area contributed by atoms with E-state index in [1.165, 1.54) is 18.2 Å². The third-order valence-electron chi connectivity index (χ3n) is 2.64. The second kappa shape index (κ2) is 9.58. The van der Waals surface area contributed by atoms with Crippen molar-refractivity contribution in [3.63, 3.8) is 0 Å². The molecule has 0 heterocycles. The lowest BCUT2D eigenvalue weighted by atomic mass is 10.2. The van der Waals surface area contributed by atoms with Gasteiger partial charge in [0.25, 0.3) is 5.91 Å². The molecule has 1 aromatic rings. The largest absolute Gasteiger partial charge is 0.507 e. The molecule has 0 aromatic heterocycles. The molecule has 20 heavy (non-hydrogen) atoms. The average molecular weight is 302 g/mol. The lowest BCUT2D eigenvalue weighted by Crippen LogP contribution is -2.24. The first-order chi connectivity index (χ1) is 9.65. The number of aromatic hydroxyl groups is 1. The number of amides is 1. The van der Waals surface area contributed by atoms with E-state index in [0.717, 1.165) is 12.8 Å². The fraction of sp³-hybridized carbons (Fsp3) is 0.500. The van der Waals surface area contributed by atoms with Crippen molar-refractivity contribution in [3.8, 4) is 5.75 Å². The minimum absolute atomic E-state index is 0.0743. The Hall–Kier alpha value is -1.30. The smallest absolute Gasteiger partial charge is 0.255 e. The second-order valence-electron chi connectivity index (χ2n) is 4.23. The van der Waals surface area contributed by atoms with Gasteiger partial charge in [-0.3, -0.25) is 4.79 Å². The number of benzene rings is 1. The molecule has 0 unspecified atom stereocenters. The molecule has 5 nitrogen and oxygen atoms in total. The summed E-state index contributed by atoms with van der Waals surface area (Å²) < 4.78 is 10.2. The normalized spacial score (nSPS) is 10.5. The molecule has 112 valence electrons. The Bertz CT molecular complexity index is 426. The number of hydrogen-bond acceptors (Lipinski definition) is 4. The van der Waals surface area contributed by atoms with E-state index in [1.807, 2.05) is 0 Å². The van der Waals surface area contributed by atoms with Gasteiger partial charge in [0.1, 0.15) is 5.75 Å². The Balaban J connectivity index is 2.18. The van der Waals surface area contributed by atoms with Crippen molar-refractivity contribution in [3.05, 3.63) is 28.8 Å². The average Bonchev–Trinajstić information content (AvgIpc) is 2.44. The molecule has 0 aliphatic carbocycles. The highest BCUT2D eigenvalue weighted by Gasteiger charge is 2.10. The molecule has 0 saturated carbocycles. The molecular weight excluding hydrogens is 282 g/mol. The Kier molecular flexibility index (Phi) is 8.02. The zero-order valence-corrected chi connectivity index (χ0v) is 12.3. The van der Waals surface area contributed by atoms with Crippen LogP contribution in [0.25, 0.3) is 0 Å². The quantitative estimate of drug-likeness (QED) is 0.686. The highest BCUT2D eigenvalue weighted by atomic mass is 35.5. The van der Waals surface area contributed by atoms with Crippen LogP contribution in [0, 0.1) is 0 Å². The summed E-state index contributed by atoms with van der Waals surface area (Å²) in [5, 5.41) is 12.7. The summed E-state index contributed by atoms with van der Waals surface area (Å²) in [6.07, 6.45) is 1.66. The second-order valence-corrected chi connectivity index (χ2v) is 4.67. The molecule has 1 aromatic carbocycles. The van der Waals surface area contributed by atoms with Crippen molar-refractivity contribution in [2.75, 3.05) is 33.5 Å².